The third-order valence-corrected chi connectivity index (χ3v) is 6.13. The highest BCUT2D eigenvalue weighted by atomic mass is 32.2. The molecule has 0 aliphatic heterocycles. The summed E-state index contributed by atoms with van der Waals surface area (Å²) >= 11 is 0. The molecule has 1 unspecified atom stereocenters. The first kappa shape index (κ1) is 18.5. The number of nitrogens with one attached hydrogen (secondary N) is 2. The Balaban J connectivity index is 1.83. The summed E-state index contributed by atoms with van der Waals surface area (Å²) in [6.45, 7) is 5.73. The maximum Gasteiger partial charge on any atom is 0.261 e. The average molecular weight is 372 g/mol. The van der Waals surface area contributed by atoms with Crippen molar-refractivity contribution in [2.24, 2.45) is 5.92 Å². The van der Waals surface area contributed by atoms with Gasteiger partial charge in [-0.05, 0) is 69.4 Å². The molecule has 1 saturated carbocycles. The molecule has 2 aromatic rings. The Labute approximate surface area is 154 Å². The zero-order valence-corrected chi connectivity index (χ0v) is 16.1. The lowest BCUT2D eigenvalue weighted by atomic mass is 10.1. The van der Waals surface area contributed by atoms with Crippen LogP contribution in [0.25, 0.3) is 0 Å². The van der Waals surface area contributed by atoms with Crippen LogP contribution in [0.15, 0.2) is 47.4 Å². The topological polar surface area (TPSA) is 75.3 Å². The standard InChI is InChI=1S/C20H24N2O3S/c1-13-4-9-17(10-5-13)22-26(24,25)18-11-6-14(2)19(12-18)20(23)21-15(3)16-7-8-16/h4-6,9-12,15-16,22H,7-8H2,1-3H3,(H,21,23). The van der Waals surface area contributed by atoms with Gasteiger partial charge in [-0.3, -0.25) is 9.52 Å². The molecule has 1 aliphatic carbocycles. The van der Waals surface area contributed by atoms with Gasteiger partial charge in [-0.1, -0.05) is 23.8 Å². The zero-order valence-electron chi connectivity index (χ0n) is 15.2. The number of carbonyl (C=O) groups is 1. The van der Waals surface area contributed by atoms with E-state index in [1.54, 1.807) is 25.1 Å². The van der Waals surface area contributed by atoms with E-state index in [1.165, 1.54) is 12.1 Å². The fraction of sp³-hybridized carbons (Fsp3) is 0.350. The van der Waals surface area contributed by atoms with Crippen LogP contribution in [0.4, 0.5) is 5.69 Å². The second-order valence-electron chi connectivity index (χ2n) is 7.05. The van der Waals surface area contributed by atoms with Gasteiger partial charge in [0, 0.05) is 17.3 Å². The predicted molar refractivity (Wildman–Crippen MR) is 103 cm³/mol. The Morgan fingerprint density at radius 3 is 2.35 bits per heavy atom. The van der Waals surface area contributed by atoms with E-state index in [0.29, 0.717) is 17.2 Å². The summed E-state index contributed by atoms with van der Waals surface area (Å²) in [5.74, 6) is 0.309. The molecule has 1 amide bonds. The molecule has 6 heteroatoms. The summed E-state index contributed by atoms with van der Waals surface area (Å²) in [4.78, 5) is 12.6. The number of hydrogen-bond donors (Lipinski definition) is 2. The lowest BCUT2D eigenvalue weighted by molar-refractivity contribution is 0.0935. The largest absolute Gasteiger partial charge is 0.349 e. The van der Waals surface area contributed by atoms with Crippen molar-refractivity contribution in [2.45, 2.75) is 44.6 Å². The van der Waals surface area contributed by atoms with Crippen LogP contribution < -0.4 is 10.0 Å². The quantitative estimate of drug-likeness (QED) is 0.813. The van der Waals surface area contributed by atoms with Crippen molar-refractivity contribution < 1.29 is 13.2 Å². The van der Waals surface area contributed by atoms with Crippen molar-refractivity contribution in [3.05, 3.63) is 59.2 Å². The van der Waals surface area contributed by atoms with Crippen LogP contribution in [0.3, 0.4) is 0 Å². The highest BCUT2D eigenvalue weighted by molar-refractivity contribution is 7.92. The molecule has 0 saturated heterocycles. The molecule has 0 radical (unpaired) electrons. The van der Waals surface area contributed by atoms with Crippen LogP contribution >= 0.6 is 0 Å². The fourth-order valence-corrected chi connectivity index (χ4v) is 3.93. The molecule has 138 valence electrons. The molecule has 0 heterocycles. The summed E-state index contributed by atoms with van der Waals surface area (Å²) in [5.41, 5.74) is 2.68. The van der Waals surface area contributed by atoms with Crippen molar-refractivity contribution in [1.82, 2.24) is 5.32 Å². The van der Waals surface area contributed by atoms with Gasteiger partial charge in [-0.25, -0.2) is 8.42 Å². The van der Waals surface area contributed by atoms with Crippen LogP contribution in [0.5, 0.6) is 0 Å². The van der Waals surface area contributed by atoms with Gasteiger partial charge in [0.15, 0.2) is 0 Å². The van der Waals surface area contributed by atoms with Crippen LogP contribution in [0.2, 0.25) is 0 Å². The van der Waals surface area contributed by atoms with Crippen molar-refractivity contribution in [1.29, 1.82) is 0 Å². The summed E-state index contributed by atoms with van der Waals surface area (Å²) in [6, 6.07) is 11.8. The van der Waals surface area contributed by atoms with Gasteiger partial charge in [0.05, 0.1) is 4.90 Å². The zero-order chi connectivity index (χ0) is 18.9. The van der Waals surface area contributed by atoms with E-state index in [1.807, 2.05) is 26.0 Å². The van der Waals surface area contributed by atoms with Crippen molar-refractivity contribution in [3.63, 3.8) is 0 Å². The number of sulfonamides is 1. The molecule has 1 aliphatic rings. The van der Waals surface area contributed by atoms with Crippen LogP contribution in [-0.4, -0.2) is 20.4 Å². The second kappa shape index (κ2) is 7.11. The lowest BCUT2D eigenvalue weighted by Crippen LogP contribution is -2.34. The molecule has 0 aromatic heterocycles. The Hall–Kier alpha value is -2.34. The smallest absolute Gasteiger partial charge is 0.261 e. The molecule has 26 heavy (non-hydrogen) atoms. The third kappa shape index (κ3) is 4.25. The SMILES string of the molecule is Cc1ccc(NS(=O)(=O)c2ccc(C)c(C(=O)NC(C)C3CC3)c2)cc1. The molecular formula is C20H24N2O3S. The normalized spacial score (nSPS) is 15.3. The Morgan fingerprint density at radius 2 is 1.73 bits per heavy atom. The minimum Gasteiger partial charge on any atom is -0.349 e. The molecule has 1 atom stereocenters. The molecule has 1 fully saturated rings. The minimum absolute atomic E-state index is 0.0768. The molecular weight excluding hydrogens is 348 g/mol. The Bertz CT molecular complexity index is 917. The van der Waals surface area contributed by atoms with Crippen LogP contribution in [-0.2, 0) is 10.0 Å². The number of aryl methyl sites for hydroxylation is 2. The first-order valence-electron chi connectivity index (χ1n) is 8.77. The molecule has 2 aromatic carbocycles. The number of benzene rings is 2. The van der Waals surface area contributed by atoms with Gasteiger partial charge in [-0.15, -0.1) is 0 Å². The van der Waals surface area contributed by atoms with Crippen LogP contribution in [0.1, 0.15) is 41.3 Å². The van der Waals surface area contributed by atoms with Gasteiger partial charge < -0.3 is 5.32 Å². The first-order chi connectivity index (χ1) is 12.3. The van der Waals surface area contributed by atoms with E-state index >= 15 is 0 Å². The monoisotopic (exact) mass is 372 g/mol. The van der Waals surface area contributed by atoms with E-state index in [9.17, 15) is 13.2 Å². The fourth-order valence-electron chi connectivity index (χ4n) is 2.85. The first-order valence-corrected chi connectivity index (χ1v) is 10.3. The Kier molecular flexibility index (Phi) is 5.05. The summed E-state index contributed by atoms with van der Waals surface area (Å²) in [7, 11) is -3.76. The number of rotatable bonds is 6. The van der Waals surface area contributed by atoms with E-state index < -0.39 is 10.0 Å². The summed E-state index contributed by atoms with van der Waals surface area (Å²) in [6.07, 6.45) is 2.27. The molecule has 0 bridgehead atoms. The van der Waals surface area contributed by atoms with E-state index in [0.717, 1.165) is 24.0 Å². The van der Waals surface area contributed by atoms with Gasteiger partial charge in [0.1, 0.15) is 0 Å². The van der Waals surface area contributed by atoms with Gasteiger partial charge in [-0.2, -0.15) is 0 Å². The molecule has 2 N–H and O–H groups in total. The van der Waals surface area contributed by atoms with Crippen molar-refractivity contribution >= 4 is 21.6 Å². The maximum atomic E-state index is 12.7. The average Bonchev–Trinajstić information content (AvgIpc) is 3.42. The van der Waals surface area contributed by atoms with Gasteiger partial charge >= 0.3 is 0 Å². The highest BCUT2D eigenvalue weighted by Gasteiger charge is 2.29. The van der Waals surface area contributed by atoms with E-state index in [-0.39, 0.29) is 16.8 Å². The third-order valence-electron chi connectivity index (χ3n) is 4.76. The minimum atomic E-state index is -3.76. The number of anilines is 1. The second-order valence-corrected chi connectivity index (χ2v) is 8.73. The van der Waals surface area contributed by atoms with E-state index in [4.69, 9.17) is 0 Å². The van der Waals surface area contributed by atoms with Crippen LogP contribution in [0, 0.1) is 19.8 Å². The van der Waals surface area contributed by atoms with Crippen molar-refractivity contribution in [3.8, 4) is 0 Å². The summed E-state index contributed by atoms with van der Waals surface area (Å²) in [5, 5.41) is 2.98. The Morgan fingerprint density at radius 1 is 1.08 bits per heavy atom. The van der Waals surface area contributed by atoms with E-state index in [2.05, 4.69) is 10.0 Å². The van der Waals surface area contributed by atoms with Crippen molar-refractivity contribution in [2.75, 3.05) is 4.72 Å². The predicted octanol–water partition coefficient (Wildman–Crippen LogP) is 3.63. The number of amides is 1. The number of hydrogen-bond acceptors (Lipinski definition) is 3. The maximum absolute atomic E-state index is 12.7. The molecule has 0 spiro atoms. The molecule has 5 nitrogen and oxygen atoms in total. The lowest BCUT2D eigenvalue weighted by Gasteiger charge is -2.15. The van der Waals surface area contributed by atoms with Gasteiger partial charge in [0.25, 0.3) is 15.9 Å². The highest BCUT2D eigenvalue weighted by Crippen LogP contribution is 2.32. The molecule has 3 rings (SSSR count). The summed E-state index contributed by atoms with van der Waals surface area (Å²) < 4.78 is 27.9. The van der Waals surface area contributed by atoms with Gasteiger partial charge in [0.2, 0.25) is 0 Å². The number of carbonyl (C=O) groups excluding carboxylic acids is 1.